The molecule has 1 amide bonds. The normalized spacial score (nSPS) is 11.9. The first-order valence-electron chi connectivity index (χ1n) is 5.08. The van der Waals surface area contributed by atoms with Gasteiger partial charge in [0.15, 0.2) is 0 Å². The van der Waals surface area contributed by atoms with Crippen molar-refractivity contribution >= 4 is 17.6 Å². The van der Waals surface area contributed by atoms with Gasteiger partial charge in [0, 0.05) is 12.6 Å². The lowest BCUT2D eigenvalue weighted by atomic mass is 9.97. The summed E-state index contributed by atoms with van der Waals surface area (Å²) < 4.78 is 0. The molecule has 1 aromatic rings. The molecule has 1 rings (SSSR count). The zero-order valence-corrected chi connectivity index (χ0v) is 9.36. The second-order valence-electron chi connectivity index (χ2n) is 3.81. The van der Waals surface area contributed by atoms with Crippen LogP contribution in [0.4, 0.5) is 5.69 Å². The molecule has 1 unspecified atom stereocenters. The monoisotopic (exact) mass is 221 g/mol. The molecule has 86 valence electrons. The summed E-state index contributed by atoms with van der Waals surface area (Å²) in [6.07, 6.45) is 0.0868. The molecule has 4 nitrogen and oxygen atoms in total. The molecular formula is C12H15NO3. The van der Waals surface area contributed by atoms with Gasteiger partial charge in [-0.3, -0.25) is 9.59 Å². The summed E-state index contributed by atoms with van der Waals surface area (Å²) in [6.45, 7) is 3.29. The van der Waals surface area contributed by atoms with Gasteiger partial charge >= 0.3 is 5.97 Å². The van der Waals surface area contributed by atoms with Crippen molar-refractivity contribution in [1.29, 1.82) is 0 Å². The molecule has 0 heterocycles. The average molecular weight is 221 g/mol. The van der Waals surface area contributed by atoms with Crippen LogP contribution in [0.1, 0.15) is 31.7 Å². The molecule has 0 aliphatic carbocycles. The van der Waals surface area contributed by atoms with Crippen molar-refractivity contribution in [2.24, 2.45) is 0 Å². The molecule has 0 saturated carbocycles. The minimum atomic E-state index is -0.822. The number of amides is 1. The number of carboxylic acid groups (broad SMARTS) is 1. The van der Waals surface area contributed by atoms with Crippen LogP contribution in [-0.4, -0.2) is 17.0 Å². The Morgan fingerprint density at radius 1 is 1.44 bits per heavy atom. The van der Waals surface area contributed by atoms with E-state index in [0.717, 1.165) is 5.56 Å². The van der Waals surface area contributed by atoms with Gasteiger partial charge in [-0.1, -0.05) is 19.1 Å². The van der Waals surface area contributed by atoms with E-state index in [0.29, 0.717) is 5.69 Å². The van der Waals surface area contributed by atoms with E-state index in [4.69, 9.17) is 5.11 Å². The maximum Gasteiger partial charge on any atom is 0.303 e. The molecule has 0 aromatic heterocycles. The average Bonchev–Trinajstić information content (AvgIpc) is 2.16. The summed E-state index contributed by atoms with van der Waals surface area (Å²) in [5.74, 6) is -1.02. The fraction of sp³-hybridized carbons (Fsp3) is 0.333. The van der Waals surface area contributed by atoms with Crippen LogP contribution in [0.2, 0.25) is 0 Å². The van der Waals surface area contributed by atoms with E-state index >= 15 is 0 Å². The lowest BCUT2D eigenvalue weighted by molar-refractivity contribution is -0.137. The molecule has 0 radical (unpaired) electrons. The van der Waals surface area contributed by atoms with E-state index in [1.165, 1.54) is 6.92 Å². The van der Waals surface area contributed by atoms with Crippen molar-refractivity contribution in [2.75, 3.05) is 5.32 Å². The predicted molar refractivity (Wildman–Crippen MR) is 61.4 cm³/mol. The van der Waals surface area contributed by atoms with Gasteiger partial charge in [-0.2, -0.15) is 0 Å². The number of rotatable bonds is 4. The van der Waals surface area contributed by atoms with E-state index in [1.807, 2.05) is 13.0 Å². The van der Waals surface area contributed by atoms with Gasteiger partial charge in [0.1, 0.15) is 0 Å². The third-order valence-electron chi connectivity index (χ3n) is 2.26. The Morgan fingerprint density at radius 3 is 2.69 bits per heavy atom. The molecule has 2 N–H and O–H groups in total. The molecule has 0 saturated heterocycles. The standard InChI is InChI=1S/C12H15NO3/c1-8(6-12(15)16)10-4-3-5-11(7-10)13-9(2)14/h3-5,7-8H,6H2,1-2H3,(H,13,14)(H,15,16). The van der Waals surface area contributed by atoms with E-state index in [1.54, 1.807) is 18.2 Å². The highest BCUT2D eigenvalue weighted by atomic mass is 16.4. The van der Waals surface area contributed by atoms with Crippen LogP contribution >= 0.6 is 0 Å². The molecule has 0 fully saturated rings. The van der Waals surface area contributed by atoms with Crippen molar-refractivity contribution in [3.63, 3.8) is 0 Å². The Kier molecular flexibility index (Phi) is 4.05. The number of carbonyl (C=O) groups is 2. The molecule has 0 aliphatic rings. The largest absolute Gasteiger partial charge is 0.481 e. The topological polar surface area (TPSA) is 66.4 Å². The van der Waals surface area contributed by atoms with Gasteiger partial charge in [0.05, 0.1) is 6.42 Å². The Bertz CT molecular complexity index is 401. The fourth-order valence-electron chi connectivity index (χ4n) is 1.51. The zero-order valence-electron chi connectivity index (χ0n) is 9.36. The van der Waals surface area contributed by atoms with Crippen molar-refractivity contribution < 1.29 is 14.7 Å². The summed E-state index contributed by atoms with van der Waals surface area (Å²) in [7, 11) is 0. The van der Waals surface area contributed by atoms with E-state index in [-0.39, 0.29) is 18.2 Å². The highest BCUT2D eigenvalue weighted by Gasteiger charge is 2.10. The number of aliphatic carboxylic acids is 1. The first-order chi connectivity index (χ1) is 7.49. The Morgan fingerprint density at radius 2 is 2.12 bits per heavy atom. The number of anilines is 1. The number of carbonyl (C=O) groups excluding carboxylic acids is 1. The van der Waals surface area contributed by atoms with Gasteiger partial charge in [0.25, 0.3) is 0 Å². The third kappa shape index (κ3) is 3.73. The van der Waals surface area contributed by atoms with Gasteiger partial charge in [0.2, 0.25) is 5.91 Å². The summed E-state index contributed by atoms with van der Waals surface area (Å²) >= 11 is 0. The van der Waals surface area contributed by atoms with E-state index in [2.05, 4.69) is 5.32 Å². The second kappa shape index (κ2) is 5.30. The lowest BCUT2D eigenvalue weighted by Crippen LogP contribution is -2.07. The van der Waals surface area contributed by atoms with Crippen LogP contribution in [0.25, 0.3) is 0 Å². The SMILES string of the molecule is CC(=O)Nc1cccc(C(C)CC(=O)O)c1. The maximum atomic E-state index is 10.9. The molecule has 1 atom stereocenters. The maximum absolute atomic E-state index is 10.9. The van der Waals surface area contributed by atoms with Crippen molar-refractivity contribution in [1.82, 2.24) is 0 Å². The second-order valence-corrected chi connectivity index (χ2v) is 3.81. The Hall–Kier alpha value is -1.84. The molecule has 0 spiro atoms. The van der Waals surface area contributed by atoms with Gasteiger partial charge in [-0.05, 0) is 23.6 Å². The number of hydrogen-bond donors (Lipinski definition) is 2. The number of nitrogens with one attached hydrogen (secondary N) is 1. The van der Waals surface area contributed by atoms with Crippen LogP contribution in [0.5, 0.6) is 0 Å². The highest BCUT2D eigenvalue weighted by molar-refractivity contribution is 5.88. The Labute approximate surface area is 94.3 Å². The molecule has 16 heavy (non-hydrogen) atoms. The van der Waals surface area contributed by atoms with Crippen molar-refractivity contribution in [3.8, 4) is 0 Å². The summed E-state index contributed by atoms with van der Waals surface area (Å²) in [5.41, 5.74) is 1.61. The van der Waals surface area contributed by atoms with Crippen LogP contribution in [0.15, 0.2) is 24.3 Å². The number of carboxylic acids is 1. The van der Waals surface area contributed by atoms with E-state index < -0.39 is 5.97 Å². The summed E-state index contributed by atoms with van der Waals surface area (Å²) in [4.78, 5) is 21.4. The molecule has 0 bridgehead atoms. The molecule has 1 aromatic carbocycles. The zero-order chi connectivity index (χ0) is 12.1. The third-order valence-corrected chi connectivity index (χ3v) is 2.26. The predicted octanol–water partition coefficient (Wildman–Crippen LogP) is 2.22. The first kappa shape index (κ1) is 12.2. The summed E-state index contributed by atoms with van der Waals surface area (Å²) in [6, 6.07) is 7.24. The van der Waals surface area contributed by atoms with Gasteiger partial charge in [-0.15, -0.1) is 0 Å². The molecular weight excluding hydrogens is 206 g/mol. The minimum Gasteiger partial charge on any atom is -0.481 e. The number of benzene rings is 1. The lowest BCUT2D eigenvalue weighted by Gasteiger charge is -2.11. The van der Waals surface area contributed by atoms with E-state index in [9.17, 15) is 9.59 Å². The van der Waals surface area contributed by atoms with Crippen molar-refractivity contribution in [2.45, 2.75) is 26.2 Å². The van der Waals surface area contributed by atoms with Gasteiger partial charge in [-0.25, -0.2) is 0 Å². The van der Waals surface area contributed by atoms with Crippen LogP contribution in [0, 0.1) is 0 Å². The van der Waals surface area contributed by atoms with Crippen LogP contribution in [-0.2, 0) is 9.59 Å². The highest BCUT2D eigenvalue weighted by Crippen LogP contribution is 2.21. The number of hydrogen-bond acceptors (Lipinski definition) is 2. The van der Waals surface area contributed by atoms with Crippen molar-refractivity contribution in [3.05, 3.63) is 29.8 Å². The first-order valence-corrected chi connectivity index (χ1v) is 5.08. The summed E-state index contributed by atoms with van der Waals surface area (Å²) in [5, 5.41) is 11.4. The Balaban J connectivity index is 2.80. The minimum absolute atomic E-state index is 0.0637. The fourth-order valence-corrected chi connectivity index (χ4v) is 1.51. The quantitative estimate of drug-likeness (QED) is 0.819. The molecule has 0 aliphatic heterocycles. The van der Waals surface area contributed by atoms with Gasteiger partial charge < -0.3 is 10.4 Å². The molecule has 4 heteroatoms. The van der Waals surface area contributed by atoms with Crippen LogP contribution in [0.3, 0.4) is 0 Å². The smallest absolute Gasteiger partial charge is 0.303 e. The van der Waals surface area contributed by atoms with Crippen LogP contribution < -0.4 is 5.32 Å².